The minimum absolute atomic E-state index is 0.0350. The summed E-state index contributed by atoms with van der Waals surface area (Å²) in [5, 5.41) is 14.1. The number of Topliss-reactive ketones (excluding diaryl/α,β-unsaturated/α-hetero) is 1. The van der Waals surface area contributed by atoms with E-state index in [4.69, 9.17) is 0 Å². The molecule has 0 unspecified atom stereocenters. The van der Waals surface area contributed by atoms with E-state index >= 15 is 0 Å². The van der Waals surface area contributed by atoms with Crippen LogP contribution in [0.3, 0.4) is 0 Å². The minimum Gasteiger partial charge on any atom is -0.506 e. The SMILES string of the molecule is C=C(/C=C1\C(=O)C(/C=C2/Nc3ccccc3C2(C)C)=C1O)C(C)(C)c1ccccc1C. The highest BCUT2D eigenvalue weighted by atomic mass is 16.3. The third-order valence-corrected chi connectivity index (χ3v) is 6.77. The predicted molar refractivity (Wildman–Crippen MR) is 127 cm³/mol. The lowest BCUT2D eigenvalue weighted by atomic mass is 9.74. The summed E-state index contributed by atoms with van der Waals surface area (Å²) in [4.78, 5) is 12.9. The van der Waals surface area contributed by atoms with Gasteiger partial charge in [-0.25, -0.2) is 0 Å². The van der Waals surface area contributed by atoms with E-state index in [0.717, 1.165) is 22.5 Å². The molecule has 3 nitrogen and oxygen atoms in total. The number of aliphatic hydroxyl groups excluding tert-OH is 1. The molecule has 1 aliphatic carbocycles. The van der Waals surface area contributed by atoms with Crippen LogP contribution in [0.15, 0.2) is 95.4 Å². The average molecular weight is 412 g/mol. The number of aryl methyl sites for hydroxylation is 1. The molecule has 0 bridgehead atoms. The Bertz CT molecular complexity index is 1210. The van der Waals surface area contributed by atoms with Crippen LogP contribution in [0.5, 0.6) is 0 Å². The number of carbonyl (C=O) groups is 1. The third-order valence-electron chi connectivity index (χ3n) is 6.77. The maximum Gasteiger partial charge on any atom is 0.200 e. The highest BCUT2D eigenvalue weighted by molar-refractivity contribution is 6.21. The van der Waals surface area contributed by atoms with Crippen molar-refractivity contribution in [1.29, 1.82) is 0 Å². The van der Waals surface area contributed by atoms with Gasteiger partial charge in [-0.15, -0.1) is 0 Å². The summed E-state index contributed by atoms with van der Waals surface area (Å²) in [6, 6.07) is 16.3. The number of ketones is 1. The topological polar surface area (TPSA) is 49.3 Å². The van der Waals surface area contributed by atoms with Crippen molar-refractivity contribution < 1.29 is 9.90 Å². The molecule has 0 radical (unpaired) electrons. The first kappa shape index (κ1) is 20.9. The van der Waals surface area contributed by atoms with E-state index in [1.165, 1.54) is 11.1 Å². The Morgan fingerprint density at radius 3 is 2.39 bits per heavy atom. The molecule has 0 fully saturated rings. The van der Waals surface area contributed by atoms with Crippen LogP contribution in [-0.4, -0.2) is 10.9 Å². The zero-order valence-corrected chi connectivity index (χ0v) is 18.8. The molecule has 0 atom stereocenters. The van der Waals surface area contributed by atoms with Crippen molar-refractivity contribution in [2.24, 2.45) is 0 Å². The Labute approximate surface area is 184 Å². The van der Waals surface area contributed by atoms with Gasteiger partial charge in [-0.05, 0) is 47.4 Å². The smallest absolute Gasteiger partial charge is 0.200 e. The molecular weight excluding hydrogens is 382 g/mol. The molecule has 4 rings (SSSR count). The van der Waals surface area contributed by atoms with Gasteiger partial charge >= 0.3 is 0 Å². The fraction of sp³-hybridized carbons (Fsp3) is 0.250. The molecule has 0 spiro atoms. The first-order valence-electron chi connectivity index (χ1n) is 10.6. The summed E-state index contributed by atoms with van der Waals surface area (Å²) in [5.74, 6) is -0.118. The van der Waals surface area contributed by atoms with Gasteiger partial charge in [0.05, 0.1) is 11.1 Å². The molecule has 0 aromatic heterocycles. The maximum atomic E-state index is 12.9. The van der Waals surface area contributed by atoms with Crippen LogP contribution in [0.1, 0.15) is 44.4 Å². The second kappa shape index (κ2) is 7.12. The molecule has 2 aliphatic rings. The van der Waals surface area contributed by atoms with Gasteiger partial charge in [0, 0.05) is 22.2 Å². The number of para-hydroxylation sites is 1. The summed E-state index contributed by atoms with van der Waals surface area (Å²) in [6.45, 7) is 14.7. The largest absolute Gasteiger partial charge is 0.506 e. The number of nitrogens with one attached hydrogen (secondary N) is 1. The van der Waals surface area contributed by atoms with Crippen molar-refractivity contribution in [3.63, 3.8) is 0 Å². The van der Waals surface area contributed by atoms with Crippen molar-refractivity contribution in [3.8, 4) is 0 Å². The number of anilines is 1. The molecule has 2 aromatic rings. The molecule has 158 valence electrons. The molecule has 0 saturated heterocycles. The molecular formula is C28H29NO2. The fourth-order valence-corrected chi connectivity index (χ4v) is 4.46. The van der Waals surface area contributed by atoms with E-state index in [1.807, 2.05) is 30.3 Å². The van der Waals surface area contributed by atoms with Crippen molar-refractivity contribution in [2.45, 2.75) is 45.4 Å². The minimum atomic E-state index is -0.357. The molecule has 3 heteroatoms. The average Bonchev–Trinajstić information content (AvgIpc) is 3.00. The summed E-state index contributed by atoms with van der Waals surface area (Å²) >= 11 is 0. The Kier molecular flexibility index (Phi) is 4.81. The van der Waals surface area contributed by atoms with Crippen LogP contribution < -0.4 is 5.32 Å². The lowest BCUT2D eigenvalue weighted by molar-refractivity contribution is -0.113. The normalized spacial score (nSPS) is 20.0. The van der Waals surface area contributed by atoms with E-state index in [9.17, 15) is 9.90 Å². The van der Waals surface area contributed by atoms with Gasteiger partial charge in [-0.3, -0.25) is 4.79 Å². The van der Waals surface area contributed by atoms with Gasteiger partial charge in [0.25, 0.3) is 0 Å². The van der Waals surface area contributed by atoms with Gasteiger partial charge in [-0.1, -0.05) is 76.7 Å². The highest BCUT2D eigenvalue weighted by Gasteiger charge is 2.39. The Hall–Kier alpha value is -3.33. The number of carbonyl (C=O) groups excluding carboxylic acids is 1. The molecule has 2 aromatic carbocycles. The van der Waals surface area contributed by atoms with Crippen LogP contribution in [0.4, 0.5) is 5.69 Å². The number of hydrogen-bond donors (Lipinski definition) is 2. The molecule has 1 aliphatic heterocycles. The van der Waals surface area contributed by atoms with Crippen LogP contribution in [-0.2, 0) is 15.6 Å². The van der Waals surface area contributed by atoms with Gasteiger partial charge in [0.15, 0.2) is 0 Å². The van der Waals surface area contributed by atoms with E-state index in [-0.39, 0.29) is 22.4 Å². The second-order valence-corrected chi connectivity index (χ2v) is 9.47. The standard InChI is InChI=1S/C28H29NO2/c1-17-11-7-8-12-21(17)27(3,4)18(2)15-19-25(30)20(26(19)31)16-24-28(5,6)22-13-9-10-14-23(22)29-24/h7-16,29-30H,2H2,1,3-6H3/b19-15-,24-16+. The van der Waals surface area contributed by atoms with Crippen LogP contribution >= 0.6 is 0 Å². The van der Waals surface area contributed by atoms with E-state index in [0.29, 0.717) is 11.1 Å². The molecule has 31 heavy (non-hydrogen) atoms. The molecule has 0 amide bonds. The number of aliphatic hydroxyl groups is 1. The number of benzene rings is 2. The maximum absolute atomic E-state index is 12.9. The molecule has 1 heterocycles. The lowest BCUT2D eigenvalue weighted by Crippen LogP contribution is -2.26. The van der Waals surface area contributed by atoms with Crippen molar-refractivity contribution in [2.75, 3.05) is 5.32 Å². The quantitative estimate of drug-likeness (QED) is 0.569. The summed E-state index contributed by atoms with van der Waals surface area (Å²) in [7, 11) is 0. The number of rotatable bonds is 4. The summed E-state index contributed by atoms with van der Waals surface area (Å²) < 4.78 is 0. The zero-order chi connectivity index (χ0) is 22.6. The van der Waals surface area contributed by atoms with Crippen molar-refractivity contribution in [3.05, 3.63) is 112 Å². The van der Waals surface area contributed by atoms with Crippen molar-refractivity contribution >= 4 is 11.5 Å². The van der Waals surface area contributed by atoms with Crippen molar-refractivity contribution in [1.82, 2.24) is 0 Å². The number of allylic oxidation sites excluding steroid dienone is 6. The highest BCUT2D eigenvalue weighted by Crippen LogP contribution is 2.45. The van der Waals surface area contributed by atoms with Gasteiger partial charge in [-0.2, -0.15) is 0 Å². The monoisotopic (exact) mass is 411 g/mol. The third kappa shape index (κ3) is 3.25. The van der Waals surface area contributed by atoms with E-state index in [2.05, 4.69) is 64.7 Å². The Balaban J connectivity index is 1.64. The Morgan fingerprint density at radius 1 is 1.10 bits per heavy atom. The van der Waals surface area contributed by atoms with Crippen LogP contribution in [0, 0.1) is 6.92 Å². The van der Waals surface area contributed by atoms with Crippen LogP contribution in [0.25, 0.3) is 0 Å². The van der Waals surface area contributed by atoms with Gasteiger partial charge < -0.3 is 10.4 Å². The summed E-state index contributed by atoms with van der Waals surface area (Å²) in [5.41, 5.74) is 6.28. The molecule has 0 saturated carbocycles. The lowest BCUT2D eigenvalue weighted by Gasteiger charge is -2.30. The second-order valence-electron chi connectivity index (χ2n) is 9.47. The van der Waals surface area contributed by atoms with E-state index < -0.39 is 0 Å². The number of fused-ring (bicyclic) bond motifs is 1. The Morgan fingerprint density at radius 2 is 1.74 bits per heavy atom. The van der Waals surface area contributed by atoms with Gasteiger partial charge in [0.2, 0.25) is 5.78 Å². The first-order valence-corrected chi connectivity index (χ1v) is 10.6. The number of hydrogen-bond acceptors (Lipinski definition) is 3. The van der Waals surface area contributed by atoms with Crippen LogP contribution in [0.2, 0.25) is 0 Å². The summed E-state index contributed by atoms with van der Waals surface area (Å²) in [6.07, 6.45) is 3.51. The predicted octanol–water partition coefficient (Wildman–Crippen LogP) is 6.44. The first-order chi connectivity index (χ1) is 14.5. The van der Waals surface area contributed by atoms with E-state index in [1.54, 1.807) is 12.2 Å². The molecule has 2 N–H and O–H groups in total. The van der Waals surface area contributed by atoms with Gasteiger partial charge in [0.1, 0.15) is 5.76 Å². The fourth-order valence-electron chi connectivity index (χ4n) is 4.46. The zero-order valence-electron chi connectivity index (χ0n) is 18.8.